The van der Waals surface area contributed by atoms with Crippen LogP contribution in [0, 0.1) is 5.82 Å². The zero-order valence-electron chi connectivity index (χ0n) is 11.4. The second-order valence-electron chi connectivity index (χ2n) is 4.18. The Labute approximate surface area is 117 Å². The van der Waals surface area contributed by atoms with E-state index in [1.165, 1.54) is 19.1 Å². The van der Waals surface area contributed by atoms with Gasteiger partial charge in [0.1, 0.15) is 23.1 Å². The molecule has 0 heterocycles. The van der Waals surface area contributed by atoms with Crippen LogP contribution in [0.1, 0.15) is 24.2 Å². The molecular formula is C16H15FO3. The zero-order chi connectivity index (χ0) is 14.5. The monoisotopic (exact) mass is 274 g/mol. The molecule has 0 atom stereocenters. The second-order valence-corrected chi connectivity index (χ2v) is 4.18. The van der Waals surface area contributed by atoms with Crippen LogP contribution in [0.15, 0.2) is 42.5 Å². The van der Waals surface area contributed by atoms with Crippen LogP contribution >= 0.6 is 0 Å². The quantitative estimate of drug-likeness (QED) is 0.766. The maximum atomic E-state index is 13.6. The molecule has 104 valence electrons. The Morgan fingerprint density at radius 3 is 2.35 bits per heavy atom. The summed E-state index contributed by atoms with van der Waals surface area (Å²) in [5.41, 5.74) is -0.0404. The van der Waals surface area contributed by atoms with Gasteiger partial charge < -0.3 is 9.47 Å². The third-order valence-electron chi connectivity index (χ3n) is 2.69. The second kappa shape index (κ2) is 6.19. The van der Waals surface area contributed by atoms with Crippen molar-refractivity contribution in [3.8, 4) is 17.2 Å². The lowest BCUT2D eigenvalue weighted by Crippen LogP contribution is -2.00. The topological polar surface area (TPSA) is 35.5 Å². The first kappa shape index (κ1) is 14.1. The average Bonchev–Trinajstić information content (AvgIpc) is 2.41. The van der Waals surface area contributed by atoms with Gasteiger partial charge in [0.15, 0.2) is 5.78 Å². The highest BCUT2D eigenvalue weighted by Crippen LogP contribution is 2.28. The van der Waals surface area contributed by atoms with Crippen molar-refractivity contribution in [3.63, 3.8) is 0 Å². The predicted molar refractivity (Wildman–Crippen MR) is 74.1 cm³/mol. The summed E-state index contributed by atoms with van der Waals surface area (Å²) >= 11 is 0. The molecule has 0 aliphatic carbocycles. The first-order valence-corrected chi connectivity index (χ1v) is 6.32. The number of benzene rings is 2. The van der Waals surface area contributed by atoms with E-state index in [1.807, 2.05) is 6.92 Å². The number of carbonyl (C=O) groups excluding carboxylic acids is 1. The maximum absolute atomic E-state index is 13.6. The van der Waals surface area contributed by atoms with Gasteiger partial charge in [-0.1, -0.05) is 6.07 Å². The molecule has 4 heteroatoms. The fraction of sp³-hybridized carbons (Fsp3) is 0.188. The smallest absolute Gasteiger partial charge is 0.166 e. The number of hydrogen-bond donors (Lipinski definition) is 0. The summed E-state index contributed by atoms with van der Waals surface area (Å²) < 4.78 is 24.5. The third-order valence-corrected chi connectivity index (χ3v) is 2.69. The van der Waals surface area contributed by atoms with Gasteiger partial charge in [-0.15, -0.1) is 0 Å². The minimum absolute atomic E-state index is 0.0404. The van der Waals surface area contributed by atoms with Gasteiger partial charge in [-0.3, -0.25) is 4.79 Å². The Morgan fingerprint density at radius 2 is 1.75 bits per heavy atom. The Kier molecular flexibility index (Phi) is 4.35. The summed E-state index contributed by atoms with van der Waals surface area (Å²) in [6, 6.07) is 11.2. The van der Waals surface area contributed by atoms with Gasteiger partial charge in [0.2, 0.25) is 0 Å². The fourth-order valence-electron chi connectivity index (χ4n) is 1.83. The molecule has 0 aromatic heterocycles. The lowest BCUT2D eigenvalue weighted by Gasteiger charge is -2.10. The van der Waals surface area contributed by atoms with E-state index in [1.54, 1.807) is 30.3 Å². The average molecular weight is 274 g/mol. The fourth-order valence-corrected chi connectivity index (χ4v) is 1.83. The van der Waals surface area contributed by atoms with Gasteiger partial charge >= 0.3 is 0 Å². The Morgan fingerprint density at radius 1 is 1.10 bits per heavy atom. The van der Waals surface area contributed by atoms with Gasteiger partial charge in [0, 0.05) is 0 Å². The largest absolute Gasteiger partial charge is 0.494 e. The minimum atomic E-state index is -0.582. The van der Waals surface area contributed by atoms with Crippen LogP contribution in [0.2, 0.25) is 0 Å². The molecule has 0 unspecified atom stereocenters. The first-order valence-electron chi connectivity index (χ1n) is 6.32. The Bertz CT molecular complexity index is 606. The van der Waals surface area contributed by atoms with Gasteiger partial charge in [-0.25, -0.2) is 4.39 Å². The van der Waals surface area contributed by atoms with Crippen molar-refractivity contribution in [1.82, 2.24) is 0 Å². The van der Waals surface area contributed by atoms with Crippen molar-refractivity contribution >= 4 is 5.78 Å². The number of halogens is 1. The van der Waals surface area contributed by atoms with E-state index in [4.69, 9.17) is 9.47 Å². The van der Waals surface area contributed by atoms with Crippen LogP contribution in [0.4, 0.5) is 4.39 Å². The van der Waals surface area contributed by atoms with Crippen LogP contribution in [0.3, 0.4) is 0 Å². The van der Waals surface area contributed by atoms with E-state index >= 15 is 0 Å². The number of rotatable bonds is 5. The summed E-state index contributed by atoms with van der Waals surface area (Å²) in [5.74, 6) is 0.499. The van der Waals surface area contributed by atoms with Crippen LogP contribution < -0.4 is 9.47 Å². The van der Waals surface area contributed by atoms with Crippen LogP contribution in [-0.4, -0.2) is 12.4 Å². The number of ketones is 1. The van der Waals surface area contributed by atoms with E-state index < -0.39 is 5.82 Å². The third kappa shape index (κ3) is 3.15. The summed E-state index contributed by atoms with van der Waals surface area (Å²) in [4.78, 5) is 11.5. The molecule has 2 aromatic rings. The molecular weight excluding hydrogens is 259 g/mol. The SMILES string of the molecule is CCOc1ccc(Oc2cccc(F)c2C(C)=O)cc1. The standard InChI is InChI=1S/C16H15FO3/c1-3-19-12-7-9-13(10-8-12)20-15-6-4-5-14(17)16(15)11(2)18/h4-10H,3H2,1-2H3. The van der Waals surface area contributed by atoms with E-state index in [-0.39, 0.29) is 17.1 Å². The molecule has 3 nitrogen and oxygen atoms in total. The first-order chi connectivity index (χ1) is 9.61. The van der Waals surface area contributed by atoms with E-state index in [0.717, 1.165) is 5.75 Å². The normalized spacial score (nSPS) is 10.2. The van der Waals surface area contributed by atoms with Crippen molar-refractivity contribution in [2.45, 2.75) is 13.8 Å². The molecule has 0 aliphatic rings. The summed E-state index contributed by atoms with van der Waals surface area (Å²) in [6.45, 7) is 3.79. The van der Waals surface area contributed by atoms with Gasteiger partial charge in [-0.2, -0.15) is 0 Å². The molecule has 0 amide bonds. The van der Waals surface area contributed by atoms with Crippen LogP contribution in [-0.2, 0) is 0 Å². The molecule has 2 rings (SSSR count). The van der Waals surface area contributed by atoms with Gasteiger partial charge in [0.05, 0.1) is 12.2 Å². The van der Waals surface area contributed by atoms with Crippen molar-refractivity contribution < 1.29 is 18.7 Å². The van der Waals surface area contributed by atoms with Crippen molar-refractivity contribution in [2.24, 2.45) is 0 Å². The Balaban J connectivity index is 2.26. The molecule has 2 aromatic carbocycles. The van der Waals surface area contributed by atoms with Crippen molar-refractivity contribution in [3.05, 3.63) is 53.8 Å². The summed E-state index contributed by atoms with van der Waals surface area (Å²) in [5, 5.41) is 0. The zero-order valence-corrected chi connectivity index (χ0v) is 11.4. The minimum Gasteiger partial charge on any atom is -0.494 e. The van der Waals surface area contributed by atoms with Crippen LogP contribution in [0.5, 0.6) is 17.2 Å². The van der Waals surface area contributed by atoms with Crippen LogP contribution in [0.25, 0.3) is 0 Å². The highest BCUT2D eigenvalue weighted by molar-refractivity contribution is 5.97. The highest BCUT2D eigenvalue weighted by atomic mass is 19.1. The maximum Gasteiger partial charge on any atom is 0.166 e. The van der Waals surface area contributed by atoms with E-state index in [0.29, 0.717) is 12.4 Å². The number of ether oxygens (including phenoxy) is 2. The summed E-state index contributed by atoms with van der Waals surface area (Å²) in [7, 11) is 0. The van der Waals surface area contributed by atoms with E-state index in [9.17, 15) is 9.18 Å². The van der Waals surface area contributed by atoms with Crippen molar-refractivity contribution in [1.29, 1.82) is 0 Å². The molecule has 0 fully saturated rings. The Hall–Kier alpha value is -2.36. The molecule has 0 saturated heterocycles. The molecule has 0 spiro atoms. The summed E-state index contributed by atoms with van der Waals surface area (Å²) in [6.07, 6.45) is 0. The van der Waals surface area contributed by atoms with Gasteiger partial charge in [-0.05, 0) is 50.2 Å². The van der Waals surface area contributed by atoms with Gasteiger partial charge in [0.25, 0.3) is 0 Å². The molecule has 0 N–H and O–H groups in total. The highest BCUT2D eigenvalue weighted by Gasteiger charge is 2.14. The lowest BCUT2D eigenvalue weighted by atomic mass is 10.1. The molecule has 0 bridgehead atoms. The van der Waals surface area contributed by atoms with Crippen molar-refractivity contribution in [2.75, 3.05) is 6.61 Å². The predicted octanol–water partition coefficient (Wildman–Crippen LogP) is 4.22. The number of hydrogen-bond acceptors (Lipinski definition) is 3. The molecule has 20 heavy (non-hydrogen) atoms. The molecule has 0 radical (unpaired) electrons. The van der Waals surface area contributed by atoms with E-state index in [2.05, 4.69) is 0 Å². The lowest BCUT2D eigenvalue weighted by molar-refractivity contribution is 0.101. The number of Topliss-reactive ketones (excluding diaryl/α,β-unsaturated/α-hetero) is 1. The molecule has 0 aliphatic heterocycles. The molecule has 0 saturated carbocycles. The number of carbonyl (C=O) groups is 1.